The number of carbonyl (C=O) groups excluding carboxylic acids is 1. The third kappa shape index (κ3) is 2.23. The van der Waals surface area contributed by atoms with Gasteiger partial charge in [-0.3, -0.25) is 14.8 Å². The molecule has 2 aromatic heterocycles. The molecule has 0 saturated heterocycles. The monoisotopic (exact) mass is 213 g/mol. The highest BCUT2D eigenvalue weighted by Crippen LogP contribution is 2.08. The zero-order chi connectivity index (χ0) is 11.4. The highest BCUT2D eigenvalue weighted by molar-refractivity contribution is 6.03. The number of hydrogen-bond donors (Lipinski definition) is 1. The van der Waals surface area contributed by atoms with Gasteiger partial charge in [0.25, 0.3) is 5.91 Å². The molecule has 0 bridgehead atoms. The van der Waals surface area contributed by atoms with Crippen LogP contribution in [0.5, 0.6) is 0 Å². The summed E-state index contributed by atoms with van der Waals surface area (Å²) in [5.74, 6) is -0.217. The smallest absolute Gasteiger partial charge is 0.274 e. The van der Waals surface area contributed by atoms with Crippen molar-refractivity contribution in [1.29, 1.82) is 0 Å². The van der Waals surface area contributed by atoms with Crippen molar-refractivity contribution in [3.8, 4) is 0 Å². The topological polar surface area (TPSA) is 54.9 Å². The van der Waals surface area contributed by atoms with Gasteiger partial charge < -0.3 is 5.32 Å². The van der Waals surface area contributed by atoms with Crippen molar-refractivity contribution in [1.82, 2.24) is 9.97 Å². The van der Waals surface area contributed by atoms with Gasteiger partial charge in [-0.05, 0) is 30.7 Å². The first-order valence-corrected chi connectivity index (χ1v) is 4.90. The minimum absolute atomic E-state index is 0.217. The number of carbonyl (C=O) groups is 1. The number of hydrogen-bond acceptors (Lipinski definition) is 3. The molecule has 4 heteroatoms. The predicted molar refractivity (Wildman–Crippen MR) is 61.2 cm³/mol. The van der Waals surface area contributed by atoms with E-state index in [0.717, 1.165) is 5.56 Å². The summed E-state index contributed by atoms with van der Waals surface area (Å²) in [7, 11) is 0. The third-order valence-electron chi connectivity index (χ3n) is 2.14. The van der Waals surface area contributed by atoms with Crippen molar-refractivity contribution < 1.29 is 4.79 Å². The fraction of sp³-hybridized carbons (Fsp3) is 0.0833. The Bertz CT molecular complexity index is 497. The van der Waals surface area contributed by atoms with Gasteiger partial charge >= 0.3 is 0 Å². The van der Waals surface area contributed by atoms with Crippen LogP contribution < -0.4 is 5.32 Å². The fourth-order valence-electron chi connectivity index (χ4n) is 1.35. The van der Waals surface area contributed by atoms with E-state index in [-0.39, 0.29) is 5.91 Å². The maximum absolute atomic E-state index is 11.8. The second kappa shape index (κ2) is 4.53. The Kier molecular flexibility index (Phi) is 2.91. The van der Waals surface area contributed by atoms with Gasteiger partial charge in [-0.25, -0.2) is 0 Å². The number of aromatic nitrogens is 2. The van der Waals surface area contributed by atoms with Crippen LogP contribution in [0.3, 0.4) is 0 Å². The highest BCUT2D eigenvalue weighted by Gasteiger charge is 2.09. The molecule has 0 aliphatic rings. The number of rotatable bonds is 2. The minimum atomic E-state index is -0.217. The molecule has 0 aliphatic heterocycles. The average Bonchev–Trinajstić information content (AvgIpc) is 2.31. The molecule has 0 radical (unpaired) electrons. The zero-order valence-corrected chi connectivity index (χ0v) is 8.84. The van der Waals surface area contributed by atoms with E-state index in [4.69, 9.17) is 0 Å². The normalized spacial score (nSPS) is 9.81. The number of aryl methyl sites for hydroxylation is 1. The number of anilines is 1. The molecule has 0 aliphatic carbocycles. The molecule has 16 heavy (non-hydrogen) atoms. The quantitative estimate of drug-likeness (QED) is 0.830. The summed E-state index contributed by atoms with van der Waals surface area (Å²) in [6, 6.07) is 7.20. The van der Waals surface area contributed by atoms with Gasteiger partial charge in [0.05, 0.1) is 11.9 Å². The molecule has 0 fully saturated rings. The molecule has 4 nitrogen and oxygen atoms in total. The van der Waals surface area contributed by atoms with Gasteiger partial charge in [0.2, 0.25) is 0 Å². The van der Waals surface area contributed by atoms with E-state index in [1.807, 2.05) is 13.0 Å². The lowest BCUT2D eigenvalue weighted by atomic mass is 10.2. The van der Waals surface area contributed by atoms with Crippen LogP contribution in [0.4, 0.5) is 5.69 Å². The van der Waals surface area contributed by atoms with Crippen LogP contribution in [-0.4, -0.2) is 15.9 Å². The molecule has 0 saturated carbocycles. The predicted octanol–water partition coefficient (Wildman–Crippen LogP) is 2.04. The lowest BCUT2D eigenvalue weighted by molar-refractivity contribution is 0.102. The summed E-state index contributed by atoms with van der Waals surface area (Å²) in [5, 5.41) is 2.74. The van der Waals surface area contributed by atoms with Crippen molar-refractivity contribution in [3.63, 3.8) is 0 Å². The van der Waals surface area contributed by atoms with Crippen LogP contribution in [-0.2, 0) is 0 Å². The lowest BCUT2D eigenvalue weighted by Crippen LogP contribution is -2.15. The number of amides is 1. The van der Waals surface area contributed by atoms with Gasteiger partial charge in [0.15, 0.2) is 0 Å². The molecule has 1 N–H and O–H groups in total. The summed E-state index contributed by atoms with van der Waals surface area (Å²) in [4.78, 5) is 19.8. The lowest BCUT2D eigenvalue weighted by Gasteiger charge is -2.05. The Labute approximate surface area is 93.4 Å². The van der Waals surface area contributed by atoms with E-state index in [0.29, 0.717) is 11.4 Å². The molecular formula is C12H11N3O. The number of nitrogens with one attached hydrogen (secondary N) is 1. The first kappa shape index (κ1) is 10.3. The summed E-state index contributed by atoms with van der Waals surface area (Å²) in [6.07, 6.45) is 4.85. The van der Waals surface area contributed by atoms with Crippen LogP contribution in [0.1, 0.15) is 16.1 Å². The molecule has 0 unspecified atom stereocenters. The molecule has 0 aromatic carbocycles. The Morgan fingerprint density at radius 3 is 2.75 bits per heavy atom. The molecule has 0 spiro atoms. The Morgan fingerprint density at radius 2 is 2.06 bits per heavy atom. The number of pyridine rings is 2. The van der Waals surface area contributed by atoms with Crippen molar-refractivity contribution in [2.45, 2.75) is 6.92 Å². The molecule has 1 amide bonds. The SMILES string of the molecule is Cc1cccnc1C(=O)Nc1cccnc1. The Morgan fingerprint density at radius 1 is 1.25 bits per heavy atom. The standard InChI is InChI=1S/C12H11N3O/c1-9-4-2-7-14-11(9)12(16)15-10-5-3-6-13-8-10/h2-8H,1H3,(H,15,16). The van der Waals surface area contributed by atoms with Crippen LogP contribution >= 0.6 is 0 Å². The van der Waals surface area contributed by atoms with E-state index in [1.165, 1.54) is 0 Å². The van der Waals surface area contributed by atoms with Gasteiger partial charge in [0, 0.05) is 12.4 Å². The first-order valence-electron chi connectivity index (χ1n) is 4.90. The van der Waals surface area contributed by atoms with E-state index < -0.39 is 0 Å². The molecule has 2 rings (SSSR count). The highest BCUT2D eigenvalue weighted by atomic mass is 16.1. The van der Waals surface area contributed by atoms with Gasteiger partial charge in [-0.1, -0.05) is 6.07 Å². The van der Waals surface area contributed by atoms with Crippen LogP contribution in [0.25, 0.3) is 0 Å². The maximum Gasteiger partial charge on any atom is 0.274 e. The first-order chi connectivity index (χ1) is 7.77. The molecule has 2 heterocycles. The molecule has 80 valence electrons. The maximum atomic E-state index is 11.8. The van der Waals surface area contributed by atoms with Crippen molar-refractivity contribution in [2.24, 2.45) is 0 Å². The summed E-state index contributed by atoms with van der Waals surface area (Å²) in [5.41, 5.74) is 1.95. The van der Waals surface area contributed by atoms with Gasteiger partial charge in [-0.2, -0.15) is 0 Å². The summed E-state index contributed by atoms with van der Waals surface area (Å²) >= 11 is 0. The van der Waals surface area contributed by atoms with Crippen LogP contribution in [0.15, 0.2) is 42.9 Å². The molecule has 0 atom stereocenters. The van der Waals surface area contributed by atoms with Crippen LogP contribution in [0.2, 0.25) is 0 Å². The number of nitrogens with zero attached hydrogens (tertiary/aromatic N) is 2. The van der Waals surface area contributed by atoms with Crippen molar-refractivity contribution >= 4 is 11.6 Å². The van der Waals surface area contributed by atoms with Gasteiger partial charge in [-0.15, -0.1) is 0 Å². The van der Waals surface area contributed by atoms with E-state index in [2.05, 4.69) is 15.3 Å². The third-order valence-corrected chi connectivity index (χ3v) is 2.14. The van der Waals surface area contributed by atoms with Gasteiger partial charge in [0.1, 0.15) is 5.69 Å². The van der Waals surface area contributed by atoms with E-state index >= 15 is 0 Å². The van der Waals surface area contributed by atoms with E-state index in [1.54, 1.807) is 36.8 Å². The fourth-order valence-corrected chi connectivity index (χ4v) is 1.35. The summed E-state index contributed by atoms with van der Waals surface area (Å²) in [6.45, 7) is 1.85. The van der Waals surface area contributed by atoms with Crippen molar-refractivity contribution in [3.05, 3.63) is 54.1 Å². The minimum Gasteiger partial charge on any atom is -0.319 e. The van der Waals surface area contributed by atoms with Crippen LogP contribution in [0, 0.1) is 6.92 Å². The largest absolute Gasteiger partial charge is 0.319 e. The Balaban J connectivity index is 2.19. The summed E-state index contributed by atoms with van der Waals surface area (Å²) < 4.78 is 0. The second-order valence-corrected chi connectivity index (χ2v) is 3.36. The average molecular weight is 213 g/mol. The molecular weight excluding hydrogens is 202 g/mol. The van der Waals surface area contributed by atoms with E-state index in [9.17, 15) is 4.79 Å². The van der Waals surface area contributed by atoms with Crippen molar-refractivity contribution in [2.75, 3.05) is 5.32 Å². The molecule has 2 aromatic rings. The Hall–Kier alpha value is -2.23. The zero-order valence-electron chi connectivity index (χ0n) is 8.84. The second-order valence-electron chi connectivity index (χ2n) is 3.36.